The summed E-state index contributed by atoms with van der Waals surface area (Å²) in [4.78, 5) is 8.98. The number of anilines is 3. The van der Waals surface area contributed by atoms with Crippen molar-refractivity contribution < 1.29 is 8.42 Å². The second-order valence-electron chi connectivity index (χ2n) is 5.56. The summed E-state index contributed by atoms with van der Waals surface area (Å²) in [7, 11) is -3.83. The number of aromatic nitrogens is 2. The highest BCUT2D eigenvalue weighted by molar-refractivity contribution is 7.94. The first-order chi connectivity index (χ1) is 13.0. The fraction of sp³-hybridized carbons (Fsp3) is 0. The fourth-order valence-corrected chi connectivity index (χ4v) is 4.93. The summed E-state index contributed by atoms with van der Waals surface area (Å²) in [5, 5.41) is 3.12. The molecule has 0 amide bonds. The molecule has 0 saturated carbocycles. The molecule has 4 aromatic rings. The number of benzene rings is 2. The standard InChI is InChI=1S/C18H13ClN4O2S2/c19-15-10-11-16(26-15)27(24,25)23-18-17(20-12-6-2-1-3-7-12)21-13-8-4-5-9-14(13)22-18/h1-11H,(H,20,21)(H,22,23). The van der Waals surface area contributed by atoms with E-state index >= 15 is 0 Å². The van der Waals surface area contributed by atoms with Crippen molar-refractivity contribution in [3.05, 3.63) is 71.1 Å². The third-order valence-corrected chi connectivity index (χ3v) is 6.71. The van der Waals surface area contributed by atoms with Gasteiger partial charge in [-0.3, -0.25) is 4.72 Å². The lowest BCUT2D eigenvalue weighted by molar-refractivity contribution is 0.603. The summed E-state index contributed by atoms with van der Waals surface area (Å²) < 4.78 is 28.4. The molecule has 0 fully saturated rings. The van der Waals surface area contributed by atoms with E-state index in [-0.39, 0.29) is 10.0 Å². The largest absolute Gasteiger partial charge is 0.337 e. The molecule has 0 atom stereocenters. The Morgan fingerprint density at radius 1 is 0.815 bits per heavy atom. The molecule has 0 unspecified atom stereocenters. The number of fused-ring (bicyclic) bond motifs is 1. The van der Waals surface area contributed by atoms with E-state index in [0.29, 0.717) is 21.2 Å². The molecule has 0 spiro atoms. The Kier molecular flexibility index (Phi) is 4.69. The Morgan fingerprint density at radius 3 is 2.07 bits per heavy atom. The van der Waals surface area contributed by atoms with Crippen LogP contribution in [0.2, 0.25) is 4.34 Å². The van der Waals surface area contributed by atoms with Gasteiger partial charge in [0.25, 0.3) is 10.0 Å². The van der Waals surface area contributed by atoms with Crippen LogP contribution in [-0.2, 0) is 10.0 Å². The van der Waals surface area contributed by atoms with Gasteiger partial charge in [0.2, 0.25) is 0 Å². The molecule has 0 aliphatic rings. The highest BCUT2D eigenvalue weighted by atomic mass is 35.5. The predicted molar refractivity (Wildman–Crippen MR) is 109 cm³/mol. The highest BCUT2D eigenvalue weighted by Crippen LogP contribution is 2.30. The number of nitrogens with one attached hydrogen (secondary N) is 2. The van der Waals surface area contributed by atoms with Crippen molar-refractivity contribution in [1.82, 2.24) is 9.97 Å². The maximum atomic E-state index is 12.7. The number of rotatable bonds is 5. The highest BCUT2D eigenvalue weighted by Gasteiger charge is 2.20. The summed E-state index contributed by atoms with van der Waals surface area (Å²) in [6, 6.07) is 19.6. The Hall–Kier alpha value is -2.68. The second kappa shape index (κ2) is 7.15. The molecule has 2 aromatic heterocycles. The minimum Gasteiger partial charge on any atom is -0.337 e. The molecule has 9 heteroatoms. The first-order valence-corrected chi connectivity index (χ1v) is 10.6. The van der Waals surface area contributed by atoms with Crippen LogP contribution >= 0.6 is 22.9 Å². The first kappa shape index (κ1) is 17.7. The van der Waals surface area contributed by atoms with E-state index in [2.05, 4.69) is 20.0 Å². The Balaban J connectivity index is 1.79. The van der Waals surface area contributed by atoms with Crippen molar-refractivity contribution in [2.75, 3.05) is 10.0 Å². The van der Waals surface area contributed by atoms with Crippen LogP contribution in [0.3, 0.4) is 0 Å². The minimum absolute atomic E-state index is 0.105. The van der Waals surface area contributed by atoms with Crippen molar-refractivity contribution in [3.8, 4) is 0 Å². The van der Waals surface area contributed by atoms with Gasteiger partial charge in [0.1, 0.15) is 4.21 Å². The molecule has 4 rings (SSSR count). The lowest BCUT2D eigenvalue weighted by Crippen LogP contribution is -2.15. The first-order valence-electron chi connectivity index (χ1n) is 7.88. The smallest absolute Gasteiger partial charge is 0.272 e. The molecule has 136 valence electrons. The van der Waals surface area contributed by atoms with Crippen molar-refractivity contribution in [2.45, 2.75) is 4.21 Å². The van der Waals surface area contributed by atoms with Crippen LogP contribution in [0.4, 0.5) is 17.3 Å². The van der Waals surface area contributed by atoms with Gasteiger partial charge in [0.05, 0.1) is 15.4 Å². The number of hydrogen-bond donors (Lipinski definition) is 2. The maximum absolute atomic E-state index is 12.7. The summed E-state index contributed by atoms with van der Waals surface area (Å²) in [5.74, 6) is 0.424. The Bertz CT molecular complexity index is 1210. The zero-order chi connectivity index (χ0) is 18.9. The van der Waals surface area contributed by atoms with Gasteiger partial charge >= 0.3 is 0 Å². The molecular weight excluding hydrogens is 404 g/mol. The van der Waals surface area contributed by atoms with Crippen LogP contribution in [0.1, 0.15) is 0 Å². The van der Waals surface area contributed by atoms with Crippen molar-refractivity contribution in [1.29, 1.82) is 0 Å². The van der Waals surface area contributed by atoms with E-state index < -0.39 is 10.0 Å². The Labute approximate surface area is 164 Å². The quantitative estimate of drug-likeness (QED) is 0.484. The third-order valence-electron chi connectivity index (χ3n) is 3.65. The van der Waals surface area contributed by atoms with Crippen LogP contribution in [0.15, 0.2) is 70.9 Å². The van der Waals surface area contributed by atoms with Crippen molar-refractivity contribution in [3.63, 3.8) is 0 Å². The maximum Gasteiger partial charge on any atom is 0.272 e. The monoisotopic (exact) mass is 416 g/mol. The number of hydrogen-bond acceptors (Lipinski definition) is 6. The van der Waals surface area contributed by atoms with Crippen LogP contribution in [0.25, 0.3) is 11.0 Å². The number of halogens is 1. The van der Waals surface area contributed by atoms with Gasteiger partial charge in [0, 0.05) is 5.69 Å². The normalized spacial score (nSPS) is 11.4. The van der Waals surface area contributed by atoms with Gasteiger partial charge in [-0.15, -0.1) is 11.3 Å². The molecule has 2 aromatic carbocycles. The Morgan fingerprint density at radius 2 is 1.44 bits per heavy atom. The van der Waals surface area contributed by atoms with Crippen LogP contribution in [0.5, 0.6) is 0 Å². The van der Waals surface area contributed by atoms with Gasteiger partial charge in [-0.25, -0.2) is 18.4 Å². The molecule has 0 aliphatic heterocycles. The zero-order valence-corrected chi connectivity index (χ0v) is 16.1. The van der Waals surface area contributed by atoms with Gasteiger partial charge in [-0.1, -0.05) is 41.9 Å². The van der Waals surface area contributed by atoms with Crippen LogP contribution in [0, 0.1) is 0 Å². The molecule has 2 heterocycles. The average Bonchev–Trinajstić information content (AvgIpc) is 3.10. The lowest BCUT2D eigenvalue weighted by atomic mass is 10.3. The molecule has 27 heavy (non-hydrogen) atoms. The van der Waals surface area contributed by atoms with E-state index in [1.54, 1.807) is 6.07 Å². The molecule has 6 nitrogen and oxygen atoms in total. The van der Waals surface area contributed by atoms with Gasteiger partial charge in [0.15, 0.2) is 11.6 Å². The van der Waals surface area contributed by atoms with Crippen molar-refractivity contribution in [2.24, 2.45) is 0 Å². The number of thiophene rings is 1. The molecule has 0 radical (unpaired) electrons. The number of para-hydroxylation sites is 3. The third kappa shape index (κ3) is 3.87. The minimum atomic E-state index is -3.83. The molecule has 0 bridgehead atoms. The summed E-state index contributed by atoms with van der Waals surface area (Å²) in [5.41, 5.74) is 2.00. The van der Waals surface area contributed by atoms with Gasteiger partial charge in [-0.2, -0.15) is 0 Å². The zero-order valence-electron chi connectivity index (χ0n) is 13.8. The van der Waals surface area contributed by atoms with E-state index in [4.69, 9.17) is 11.6 Å². The SMILES string of the molecule is O=S(=O)(Nc1nc2ccccc2nc1Nc1ccccc1)c1ccc(Cl)s1. The van der Waals surface area contributed by atoms with Crippen molar-refractivity contribution >= 4 is 61.3 Å². The molecule has 0 aliphatic carbocycles. The predicted octanol–water partition coefficient (Wildman–Crippen LogP) is 4.89. The number of nitrogens with zero attached hydrogens (tertiary/aromatic N) is 2. The average molecular weight is 417 g/mol. The topological polar surface area (TPSA) is 84.0 Å². The van der Waals surface area contributed by atoms with Crippen LogP contribution in [-0.4, -0.2) is 18.4 Å². The summed E-state index contributed by atoms with van der Waals surface area (Å²) >= 11 is 6.85. The molecule has 0 saturated heterocycles. The second-order valence-corrected chi connectivity index (χ2v) is 9.19. The van der Waals surface area contributed by atoms with E-state index in [1.165, 1.54) is 12.1 Å². The van der Waals surface area contributed by atoms with Gasteiger partial charge < -0.3 is 5.32 Å². The van der Waals surface area contributed by atoms with E-state index in [9.17, 15) is 8.42 Å². The van der Waals surface area contributed by atoms with Gasteiger partial charge in [-0.05, 0) is 36.4 Å². The lowest BCUT2D eigenvalue weighted by Gasteiger charge is -2.13. The summed E-state index contributed by atoms with van der Waals surface area (Å²) in [6.07, 6.45) is 0. The van der Waals surface area contributed by atoms with Crippen LogP contribution < -0.4 is 10.0 Å². The fourth-order valence-electron chi connectivity index (χ4n) is 2.44. The van der Waals surface area contributed by atoms with E-state index in [0.717, 1.165) is 17.0 Å². The number of sulfonamides is 1. The molecule has 2 N–H and O–H groups in total. The van der Waals surface area contributed by atoms with E-state index in [1.807, 2.05) is 48.5 Å². The summed E-state index contributed by atoms with van der Waals surface area (Å²) in [6.45, 7) is 0. The molecular formula is C18H13ClN4O2S2.